The van der Waals surface area contributed by atoms with Gasteiger partial charge in [0.05, 0.1) is 22.1 Å². The molecule has 1 aliphatic rings. The van der Waals surface area contributed by atoms with Crippen molar-refractivity contribution in [3.05, 3.63) is 237 Å². The molecule has 14 rings (SSSR count). The van der Waals surface area contributed by atoms with E-state index in [1.165, 1.54) is 27.1 Å². The molecular weight excluding hydrogens is 1060 g/mol. The van der Waals surface area contributed by atoms with E-state index in [0.29, 0.717) is 11.5 Å². The maximum Gasteiger partial charge on any atom is 0.135 e. The molecule has 0 amide bonds. The summed E-state index contributed by atoms with van der Waals surface area (Å²) in [5, 5.41) is 6.92. The molecule has 72 heavy (non-hydrogen) atoms. The third-order valence-corrected chi connectivity index (χ3v) is 14.1. The fraction of sp³-hybridized carbons (Fsp3) is 0.0625. The molecule has 8 heteroatoms. The number of benzene rings is 9. The number of hydrogen-bond acceptors (Lipinski definition) is 4. The second-order valence-corrected chi connectivity index (χ2v) is 19.3. The van der Waals surface area contributed by atoms with Crippen LogP contribution < -0.4 is 14.5 Å². The minimum atomic E-state index is -0.0370. The van der Waals surface area contributed by atoms with Crippen molar-refractivity contribution >= 4 is 88.2 Å². The minimum absolute atomic E-state index is 0. The quantitative estimate of drug-likeness (QED) is 0.149. The molecule has 0 spiro atoms. The summed E-state index contributed by atoms with van der Waals surface area (Å²) in [7, 11) is 0. The van der Waals surface area contributed by atoms with Crippen molar-refractivity contribution in [2.24, 2.45) is 0 Å². The smallest absolute Gasteiger partial charge is 0.135 e. The van der Waals surface area contributed by atoms with Gasteiger partial charge in [-0.05, 0) is 89.2 Å². The van der Waals surface area contributed by atoms with Gasteiger partial charge in [-0.15, -0.1) is 48.1 Å². The SMILES string of the molecule is CC(C)(C)c1ccnc(-n2c3[c-]c(Oc4[c-]c(N5[CH-]N(c6c7c8ccccc8n(-c8ccccc8)c7cc7c6c6ccccc6n7-c6ccccc6)c6ccccc65)ccc4)ccc3c3ccccc32)c1.[Pt]. The van der Waals surface area contributed by atoms with Gasteiger partial charge in [-0.3, -0.25) is 0 Å². The Bertz CT molecular complexity index is 4110. The number of aromatic nitrogens is 4. The molecule has 0 aliphatic carbocycles. The molecule has 5 heterocycles. The Balaban J connectivity index is 0.00000504. The predicted octanol–water partition coefficient (Wildman–Crippen LogP) is 16.5. The molecule has 7 nitrogen and oxygen atoms in total. The average Bonchev–Trinajstić information content (AvgIpc) is 4.15. The van der Waals surface area contributed by atoms with E-state index in [1.807, 2.05) is 24.4 Å². The van der Waals surface area contributed by atoms with Crippen molar-refractivity contribution in [3.8, 4) is 28.7 Å². The molecule has 0 atom stereocenters. The van der Waals surface area contributed by atoms with E-state index in [9.17, 15) is 0 Å². The Morgan fingerprint density at radius 1 is 0.458 bits per heavy atom. The molecule has 0 saturated carbocycles. The van der Waals surface area contributed by atoms with Gasteiger partial charge in [0.15, 0.2) is 0 Å². The fourth-order valence-corrected chi connectivity index (χ4v) is 10.9. The summed E-state index contributed by atoms with van der Waals surface area (Å²) in [4.78, 5) is 9.52. The van der Waals surface area contributed by atoms with E-state index < -0.39 is 0 Å². The normalized spacial score (nSPS) is 12.7. The van der Waals surface area contributed by atoms with Crippen LogP contribution in [0.15, 0.2) is 212 Å². The van der Waals surface area contributed by atoms with Crippen LogP contribution in [0.25, 0.3) is 82.6 Å². The van der Waals surface area contributed by atoms with Crippen LogP contribution in [0.4, 0.5) is 22.7 Å². The van der Waals surface area contributed by atoms with Crippen LogP contribution in [0.3, 0.4) is 0 Å². The number of pyridine rings is 1. The number of nitrogens with zero attached hydrogens (tertiary/aromatic N) is 6. The number of hydrogen-bond donors (Lipinski definition) is 0. The van der Waals surface area contributed by atoms with Gasteiger partial charge in [0.1, 0.15) is 5.82 Å². The van der Waals surface area contributed by atoms with Crippen LogP contribution in [-0.2, 0) is 26.5 Å². The van der Waals surface area contributed by atoms with Gasteiger partial charge in [0.2, 0.25) is 0 Å². The Morgan fingerprint density at radius 2 is 1.00 bits per heavy atom. The third kappa shape index (κ3) is 6.79. The zero-order valence-electron chi connectivity index (χ0n) is 39.7. The Hall–Kier alpha value is -8.38. The van der Waals surface area contributed by atoms with E-state index in [0.717, 1.165) is 83.8 Å². The minimum Gasteiger partial charge on any atom is -0.509 e. The summed E-state index contributed by atoms with van der Waals surface area (Å²) >= 11 is 0. The van der Waals surface area contributed by atoms with Crippen molar-refractivity contribution in [1.29, 1.82) is 0 Å². The van der Waals surface area contributed by atoms with Crippen molar-refractivity contribution in [3.63, 3.8) is 0 Å². The summed E-state index contributed by atoms with van der Waals surface area (Å²) in [6.45, 7) is 8.92. The van der Waals surface area contributed by atoms with Gasteiger partial charge in [-0.1, -0.05) is 129 Å². The summed E-state index contributed by atoms with van der Waals surface area (Å²) in [6.07, 6.45) is 1.90. The van der Waals surface area contributed by atoms with Crippen LogP contribution in [-0.4, -0.2) is 18.7 Å². The van der Waals surface area contributed by atoms with Gasteiger partial charge in [0, 0.05) is 94.3 Å². The second kappa shape index (κ2) is 16.9. The standard InChI is InChI=1S/C64H45N6O.Pt/c1-64(2,3)42-35-36-65-60(37-42)70-52-28-13-10-25-48(52)49-34-33-47(39-57(49)70)71-46-24-18-23-45(38-46)66-41-67(56-32-17-16-31-55(56)66)63-61-50-26-11-14-29-53(50)68(43-19-6-4-7-20-43)58(61)40-59-62(63)51-27-12-15-30-54(51)69(59)44-21-8-5-9-22-44;/h4-37,40-41H,1-3H3;/q-3;. The van der Waals surface area contributed by atoms with E-state index >= 15 is 0 Å². The maximum absolute atomic E-state index is 6.75. The van der Waals surface area contributed by atoms with Crippen LogP contribution in [0.1, 0.15) is 26.3 Å². The molecule has 350 valence electrons. The molecule has 0 N–H and O–H groups in total. The molecule has 13 aromatic rings. The first kappa shape index (κ1) is 43.6. The fourth-order valence-electron chi connectivity index (χ4n) is 10.9. The van der Waals surface area contributed by atoms with E-state index in [2.05, 4.69) is 251 Å². The first-order valence-electron chi connectivity index (χ1n) is 24.1. The molecule has 1 aliphatic heterocycles. The van der Waals surface area contributed by atoms with Crippen molar-refractivity contribution < 1.29 is 25.8 Å². The average molecular weight is 1110 g/mol. The molecular formula is C64H45N6OPt-3. The number of ether oxygens (including phenoxy) is 1. The number of anilines is 4. The second-order valence-electron chi connectivity index (χ2n) is 19.3. The molecule has 0 fully saturated rings. The first-order valence-corrected chi connectivity index (χ1v) is 24.1. The van der Waals surface area contributed by atoms with Crippen LogP contribution >= 0.6 is 0 Å². The van der Waals surface area contributed by atoms with Crippen LogP contribution in [0, 0.1) is 18.8 Å². The van der Waals surface area contributed by atoms with Gasteiger partial charge < -0.3 is 28.2 Å². The largest absolute Gasteiger partial charge is 0.509 e. The zero-order valence-corrected chi connectivity index (χ0v) is 42.0. The van der Waals surface area contributed by atoms with Crippen molar-refractivity contribution in [2.45, 2.75) is 26.2 Å². The summed E-state index contributed by atoms with van der Waals surface area (Å²) in [6, 6.07) is 80.4. The van der Waals surface area contributed by atoms with E-state index in [1.54, 1.807) is 0 Å². The zero-order chi connectivity index (χ0) is 47.4. The van der Waals surface area contributed by atoms with Crippen LogP contribution in [0.2, 0.25) is 0 Å². The van der Waals surface area contributed by atoms with Crippen LogP contribution in [0.5, 0.6) is 11.5 Å². The molecule has 0 saturated heterocycles. The number of para-hydroxylation sites is 7. The van der Waals surface area contributed by atoms with Crippen molar-refractivity contribution in [1.82, 2.24) is 18.7 Å². The number of fused-ring (bicyclic) bond motifs is 10. The van der Waals surface area contributed by atoms with Crippen molar-refractivity contribution in [2.75, 3.05) is 9.80 Å². The monoisotopic (exact) mass is 1110 g/mol. The van der Waals surface area contributed by atoms with E-state index in [4.69, 9.17) is 9.72 Å². The van der Waals surface area contributed by atoms with Gasteiger partial charge in [0.25, 0.3) is 0 Å². The van der Waals surface area contributed by atoms with Gasteiger partial charge >= 0.3 is 0 Å². The summed E-state index contributed by atoms with van der Waals surface area (Å²) < 4.78 is 13.8. The molecule has 0 unspecified atom stereocenters. The Labute approximate surface area is 431 Å². The molecule has 9 aromatic carbocycles. The third-order valence-electron chi connectivity index (χ3n) is 14.1. The Morgan fingerprint density at radius 3 is 1.62 bits per heavy atom. The number of rotatable bonds is 7. The first-order chi connectivity index (χ1) is 34.9. The summed E-state index contributed by atoms with van der Waals surface area (Å²) in [5.74, 6) is 2.02. The van der Waals surface area contributed by atoms with E-state index in [-0.39, 0.29) is 26.5 Å². The summed E-state index contributed by atoms with van der Waals surface area (Å²) in [5.41, 5.74) is 13.9. The molecule has 0 radical (unpaired) electrons. The molecule has 0 bridgehead atoms. The predicted molar refractivity (Wildman–Crippen MR) is 292 cm³/mol. The topological polar surface area (TPSA) is 43.4 Å². The molecule has 4 aromatic heterocycles. The van der Waals surface area contributed by atoms with Gasteiger partial charge in [-0.25, -0.2) is 4.98 Å². The van der Waals surface area contributed by atoms with Gasteiger partial charge in [-0.2, -0.15) is 12.1 Å². The maximum atomic E-state index is 6.75. The Kier molecular flexibility index (Phi) is 10.2.